The number of hydrogen-bond donors (Lipinski definition) is 1. The number of sulfonamides is 1. The number of piperidine rings is 1. The first-order chi connectivity index (χ1) is 10.7. The third-order valence-corrected chi connectivity index (χ3v) is 6.85. The number of nitrogens with zero attached hydrogens (tertiary/aromatic N) is 3. The molecule has 0 bridgehead atoms. The fourth-order valence-electron chi connectivity index (χ4n) is 3.48. The predicted octanol–water partition coefficient (Wildman–Crippen LogP) is 1.94. The molecule has 2 atom stereocenters. The summed E-state index contributed by atoms with van der Waals surface area (Å²) in [5.74, 6) is 0.554. The lowest BCUT2D eigenvalue weighted by atomic mass is 9.93. The molecule has 0 aromatic carbocycles. The van der Waals surface area contributed by atoms with Crippen molar-refractivity contribution in [2.24, 2.45) is 11.8 Å². The first-order valence-electron chi connectivity index (χ1n) is 8.36. The van der Waals surface area contributed by atoms with E-state index in [2.05, 4.69) is 18.9 Å². The molecular weight excluding hydrogens is 314 g/mol. The van der Waals surface area contributed by atoms with Gasteiger partial charge in [-0.05, 0) is 38.5 Å². The van der Waals surface area contributed by atoms with Gasteiger partial charge in [-0.1, -0.05) is 20.8 Å². The van der Waals surface area contributed by atoms with Crippen LogP contribution < -0.4 is 0 Å². The van der Waals surface area contributed by atoms with Crippen LogP contribution >= 0.6 is 0 Å². The van der Waals surface area contributed by atoms with Gasteiger partial charge >= 0.3 is 0 Å². The highest BCUT2D eigenvalue weighted by atomic mass is 32.2. The van der Waals surface area contributed by atoms with Crippen LogP contribution in [-0.2, 0) is 16.6 Å². The molecule has 1 saturated heterocycles. The van der Waals surface area contributed by atoms with Gasteiger partial charge in [0.25, 0.3) is 0 Å². The van der Waals surface area contributed by atoms with Crippen molar-refractivity contribution in [2.75, 3.05) is 13.2 Å². The second kappa shape index (κ2) is 6.91. The third-order valence-electron chi connectivity index (χ3n) is 4.67. The van der Waals surface area contributed by atoms with Crippen molar-refractivity contribution in [1.29, 1.82) is 0 Å². The van der Waals surface area contributed by atoms with E-state index in [4.69, 9.17) is 0 Å². The summed E-state index contributed by atoms with van der Waals surface area (Å²) in [6, 6.07) is -0.346. The second-order valence-electron chi connectivity index (χ2n) is 7.06. The zero-order chi connectivity index (χ0) is 17.4. The fourth-order valence-corrected chi connectivity index (χ4v) is 5.60. The fraction of sp³-hybridized carbons (Fsp3) is 0.812. The molecule has 1 aromatic heterocycles. The van der Waals surface area contributed by atoms with E-state index in [9.17, 15) is 13.5 Å². The normalized spacial score (nSPS) is 23.6. The zero-order valence-electron chi connectivity index (χ0n) is 14.8. The molecule has 0 aliphatic carbocycles. The third kappa shape index (κ3) is 3.46. The van der Waals surface area contributed by atoms with Crippen LogP contribution in [0.15, 0.2) is 4.90 Å². The van der Waals surface area contributed by atoms with Crippen molar-refractivity contribution in [3.63, 3.8) is 0 Å². The molecule has 1 N–H and O–H groups in total. The Hall–Kier alpha value is -0.920. The van der Waals surface area contributed by atoms with Gasteiger partial charge < -0.3 is 5.11 Å². The van der Waals surface area contributed by atoms with Gasteiger partial charge in [-0.25, -0.2) is 8.42 Å². The Kier molecular flexibility index (Phi) is 5.53. The maximum Gasteiger partial charge on any atom is 0.247 e. The van der Waals surface area contributed by atoms with E-state index in [0.717, 1.165) is 12.8 Å². The van der Waals surface area contributed by atoms with E-state index in [-0.39, 0.29) is 18.6 Å². The molecule has 1 aliphatic rings. The van der Waals surface area contributed by atoms with Gasteiger partial charge in [0.05, 0.1) is 24.0 Å². The van der Waals surface area contributed by atoms with E-state index < -0.39 is 10.0 Å². The highest BCUT2D eigenvalue weighted by Crippen LogP contribution is 2.31. The maximum atomic E-state index is 13.2. The van der Waals surface area contributed by atoms with E-state index in [0.29, 0.717) is 35.3 Å². The number of rotatable bonds is 5. The zero-order valence-corrected chi connectivity index (χ0v) is 15.6. The highest BCUT2D eigenvalue weighted by Gasteiger charge is 2.39. The topological polar surface area (TPSA) is 75.4 Å². The van der Waals surface area contributed by atoms with E-state index >= 15 is 0 Å². The Morgan fingerprint density at radius 1 is 1.35 bits per heavy atom. The van der Waals surface area contributed by atoms with Crippen LogP contribution in [0.5, 0.6) is 0 Å². The number of aliphatic hydroxyl groups excluding tert-OH is 1. The van der Waals surface area contributed by atoms with Crippen LogP contribution in [-0.4, -0.2) is 46.8 Å². The summed E-state index contributed by atoms with van der Waals surface area (Å²) in [6.45, 7) is 10.8. The average Bonchev–Trinajstić information content (AvgIpc) is 2.72. The van der Waals surface area contributed by atoms with Crippen molar-refractivity contribution in [1.82, 2.24) is 14.1 Å². The molecule has 0 radical (unpaired) electrons. The first kappa shape index (κ1) is 18.4. The van der Waals surface area contributed by atoms with Crippen molar-refractivity contribution >= 4 is 10.0 Å². The molecule has 0 unspecified atom stereocenters. The molecule has 1 fully saturated rings. The Labute approximate surface area is 139 Å². The largest absolute Gasteiger partial charge is 0.395 e. The van der Waals surface area contributed by atoms with Gasteiger partial charge in [0, 0.05) is 13.1 Å². The van der Waals surface area contributed by atoms with Gasteiger partial charge in [-0.2, -0.15) is 9.40 Å². The maximum absolute atomic E-state index is 13.2. The van der Waals surface area contributed by atoms with E-state index in [1.165, 1.54) is 4.31 Å². The Morgan fingerprint density at radius 3 is 2.57 bits per heavy atom. The average molecular weight is 343 g/mol. The smallest absolute Gasteiger partial charge is 0.247 e. The van der Waals surface area contributed by atoms with Gasteiger partial charge in [0.1, 0.15) is 4.90 Å². The van der Waals surface area contributed by atoms with Gasteiger partial charge in [-0.15, -0.1) is 0 Å². The predicted molar refractivity (Wildman–Crippen MR) is 89.7 cm³/mol. The van der Waals surface area contributed by atoms with Crippen molar-refractivity contribution in [2.45, 2.75) is 64.9 Å². The lowest BCUT2D eigenvalue weighted by molar-refractivity contribution is 0.113. The molecule has 0 spiro atoms. The molecular formula is C16H29N3O3S. The van der Waals surface area contributed by atoms with Crippen LogP contribution in [0.2, 0.25) is 0 Å². The summed E-state index contributed by atoms with van der Waals surface area (Å²) in [6.07, 6.45) is 1.77. The quantitative estimate of drug-likeness (QED) is 0.886. The van der Waals surface area contributed by atoms with Crippen molar-refractivity contribution in [3.05, 3.63) is 11.4 Å². The number of aromatic nitrogens is 2. The lowest BCUT2D eigenvalue weighted by Crippen LogP contribution is -2.49. The molecule has 132 valence electrons. The van der Waals surface area contributed by atoms with E-state index in [1.54, 1.807) is 11.6 Å². The Bertz CT molecular complexity index is 652. The SMILES string of the molecule is Cc1nn(CC(C)C)c(C)c1S(=O)(=O)N1CCC[C@@H](C)[C@@H]1CO. The summed E-state index contributed by atoms with van der Waals surface area (Å²) < 4.78 is 29.7. The summed E-state index contributed by atoms with van der Waals surface area (Å²) in [7, 11) is -3.64. The minimum atomic E-state index is -3.64. The lowest BCUT2D eigenvalue weighted by Gasteiger charge is -2.37. The molecule has 0 saturated carbocycles. The first-order valence-corrected chi connectivity index (χ1v) is 9.80. The van der Waals surface area contributed by atoms with Gasteiger partial charge in [-0.3, -0.25) is 4.68 Å². The molecule has 6 nitrogen and oxygen atoms in total. The van der Waals surface area contributed by atoms with Gasteiger partial charge in [0.2, 0.25) is 10.0 Å². The van der Waals surface area contributed by atoms with Crippen LogP contribution in [0.3, 0.4) is 0 Å². The summed E-state index contributed by atoms with van der Waals surface area (Å²) >= 11 is 0. The number of hydrogen-bond acceptors (Lipinski definition) is 4. The Morgan fingerprint density at radius 2 is 2.00 bits per heavy atom. The standard InChI is InChI=1S/C16H29N3O3S/c1-11(2)9-18-14(5)16(13(4)17-18)23(21,22)19-8-6-7-12(3)15(19)10-20/h11-12,15,20H,6-10H2,1-5H3/t12-,15+/m1/s1. The minimum absolute atomic E-state index is 0.140. The van der Waals surface area contributed by atoms with Gasteiger partial charge in [0.15, 0.2) is 0 Å². The Balaban J connectivity index is 2.45. The molecule has 2 heterocycles. The molecule has 1 aliphatic heterocycles. The molecule has 2 rings (SSSR count). The van der Waals surface area contributed by atoms with Crippen molar-refractivity contribution < 1.29 is 13.5 Å². The molecule has 7 heteroatoms. The summed E-state index contributed by atoms with van der Waals surface area (Å²) in [4.78, 5) is 0.311. The van der Waals surface area contributed by atoms with Crippen LogP contribution in [0.25, 0.3) is 0 Å². The molecule has 1 aromatic rings. The molecule has 0 amide bonds. The molecule has 23 heavy (non-hydrogen) atoms. The highest BCUT2D eigenvalue weighted by molar-refractivity contribution is 7.89. The number of aryl methyl sites for hydroxylation is 1. The monoisotopic (exact) mass is 343 g/mol. The second-order valence-corrected chi connectivity index (χ2v) is 8.89. The number of aliphatic hydroxyl groups is 1. The van der Waals surface area contributed by atoms with Crippen LogP contribution in [0.1, 0.15) is 45.0 Å². The summed E-state index contributed by atoms with van der Waals surface area (Å²) in [5, 5.41) is 14.1. The minimum Gasteiger partial charge on any atom is -0.395 e. The van der Waals surface area contributed by atoms with E-state index in [1.807, 2.05) is 13.8 Å². The van der Waals surface area contributed by atoms with Crippen LogP contribution in [0.4, 0.5) is 0 Å². The van der Waals surface area contributed by atoms with Crippen LogP contribution in [0, 0.1) is 25.7 Å². The summed E-state index contributed by atoms with van der Waals surface area (Å²) in [5.41, 5.74) is 1.23. The van der Waals surface area contributed by atoms with Crippen molar-refractivity contribution in [3.8, 4) is 0 Å².